The van der Waals surface area contributed by atoms with Crippen molar-refractivity contribution in [1.29, 1.82) is 0 Å². The fourth-order valence-corrected chi connectivity index (χ4v) is 2.42. The molecule has 0 saturated carbocycles. The Morgan fingerprint density at radius 1 is 1.33 bits per heavy atom. The molecule has 15 heavy (non-hydrogen) atoms. The zero-order valence-corrected chi connectivity index (χ0v) is 11.2. The third-order valence-corrected chi connectivity index (χ3v) is 3.93. The Balaban J connectivity index is 2.25. The molecule has 2 heterocycles. The lowest BCUT2D eigenvalue weighted by molar-refractivity contribution is 0.658. The first-order chi connectivity index (χ1) is 7.25. The monoisotopic (exact) mass is 318 g/mol. The number of fused-ring (bicyclic) bond motifs is 1. The third kappa shape index (κ3) is 1.89. The van der Waals surface area contributed by atoms with Crippen LogP contribution in [0.5, 0.6) is 0 Å². The van der Waals surface area contributed by atoms with Gasteiger partial charge in [0.05, 0.1) is 22.9 Å². The van der Waals surface area contributed by atoms with Crippen LogP contribution in [0, 0.1) is 0 Å². The Kier molecular flexibility index (Phi) is 3.28. The minimum atomic E-state index is 0.356. The Morgan fingerprint density at radius 3 is 2.67 bits per heavy atom. The van der Waals surface area contributed by atoms with E-state index in [0.717, 1.165) is 18.2 Å². The second-order valence-electron chi connectivity index (χ2n) is 3.69. The van der Waals surface area contributed by atoms with Crippen molar-refractivity contribution in [2.45, 2.75) is 32.9 Å². The van der Waals surface area contributed by atoms with Crippen LogP contribution in [0.3, 0.4) is 0 Å². The van der Waals surface area contributed by atoms with E-state index in [4.69, 9.17) is 0 Å². The Labute approximate surface area is 104 Å². The standard InChI is InChI=1S/C10H15IN4/c1-3-4-7-14-8(2)15(11)10-9(14)12-5-6-13-10/h5-6,8H,3-4,7H2,1-2H3. The number of aromatic nitrogens is 2. The van der Waals surface area contributed by atoms with Crippen LogP contribution in [-0.2, 0) is 0 Å². The van der Waals surface area contributed by atoms with Crippen LogP contribution >= 0.6 is 22.9 Å². The average Bonchev–Trinajstić information content (AvgIpc) is 2.51. The summed E-state index contributed by atoms with van der Waals surface area (Å²) >= 11 is 2.31. The summed E-state index contributed by atoms with van der Waals surface area (Å²) in [6.07, 6.45) is 6.28. The van der Waals surface area contributed by atoms with Crippen molar-refractivity contribution in [3.05, 3.63) is 12.4 Å². The predicted molar refractivity (Wildman–Crippen MR) is 70.2 cm³/mol. The van der Waals surface area contributed by atoms with Gasteiger partial charge in [0.15, 0.2) is 11.6 Å². The van der Waals surface area contributed by atoms with Gasteiger partial charge in [0.2, 0.25) is 0 Å². The maximum Gasteiger partial charge on any atom is 0.182 e. The second kappa shape index (κ2) is 4.51. The van der Waals surface area contributed by atoms with Gasteiger partial charge < -0.3 is 4.90 Å². The van der Waals surface area contributed by atoms with E-state index in [1.54, 1.807) is 12.4 Å². The maximum absolute atomic E-state index is 4.41. The molecule has 1 atom stereocenters. The predicted octanol–water partition coefficient (Wildman–Crippen LogP) is 2.60. The van der Waals surface area contributed by atoms with Crippen molar-refractivity contribution >= 4 is 34.5 Å². The third-order valence-electron chi connectivity index (χ3n) is 2.67. The van der Waals surface area contributed by atoms with E-state index in [0.29, 0.717) is 6.17 Å². The van der Waals surface area contributed by atoms with Gasteiger partial charge in [-0.2, -0.15) is 0 Å². The van der Waals surface area contributed by atoms with Gasteiger partial charge in [-0.3, -0.25) is 3.11 Å². The number of anilines is 2. The van der Waals surface area contributed by atoms with E-state index < -0.39 is 0 Å². The lowest BCUT2D eigenvalue weighted by Crippen LogP contribution is -2.36. The van der Waals surface area contributed by atoms with Crippen molar-refractivity contribution in [1.82, 2.24) is 9.97 Å². The minimum Gasteiger partial charge on any atom is -0.333 e. The van der Waals surface area contributed by atoms with E-state index in [1.807, 2.05) is 0 Å². The highest BCUT2D eigenvalue weighted by Gasteiger charge is 2.33. The quantitative estimate of drug-likeness (QED) is 0.633. The zero-order valence-electron chi connectivity index (χ0n) is 9.02. The summed E-state index contributed by atoms with van der Waals surface area (Å²) in [5.74, 6) is 2.01. The van der Waals surface area contributed by atoms with Gasteiger partial charge in [-0.1, -0.05) is 13.3 Å². The molecule has 0 saturated heterocycles. The van der Waals surface area contributed by atoms with E-state index in [2.05, 4.69) is 54.7 Å². The first-order valence-corrected chi connectivity index (χ1v) is 6.25. The number of halogens is 1. The highest BCUT2D eigenvalue weighted by atomic mass is 127. The summed E-state index contributed by atoms with van der Waals surface area (Å²) in [5, 5.41) is 0. The molecule has 0 amide bonds. The molecule has 0 aromatic carbocycles. The van der Waals surface area contributed by atoms with Crippen LogP contribution in [0.15, 0.2) is 12.4 Å². The number of nitrogens with zero attached hydrogens (tertiary/aromatic N) is 4. The molecule has 0 spiro atoms. The van der Waals surface area contributed by atoms with Crippen LogP contribution in [0.2, 0.25) is 0 Å². The number of hydrogen-bond donors (Lipinski definition) is 0. The molecule has 0 aliphatic carbocycles. The summed E-state index contributed by atoms with van der Waals surface area (Å²) in [6.45, 7) is 5.45. The zero-order chi connectivity index (χ0) is 10.8. The Hall–Kier alpha value is -0.590. The highest BCUT2D eigenvalue weighted by molar-refractivity contribution is 14.1. The molecule has 1 aliphatic heterocycles. The molecule has 1 aliphatic rings. The lowest BCUT2D eigenvalue weighted by atomic mass is 10.3. The number of unbranched alkanes of at least 4 members (excludes halogenated alkanes) is 1. The van der Waals surface area contributed by atoms with Crippen LogP contribution < -0.4 is 8.01 Å². The van der Waals surface area contributed by atoms with E-state index in [-0.39, 0.29) is 0 Å². The molecule has 0 radical (unpaired) electrons. The van der Waals surface area contributed by atoms with Crippen LogP contribution in [-0.4, -0.2) is 22.7 Å². The van der Waals surface area contributed by atoms with Gasteiger partial charge in [0, 0.05) is 18.9 Å². The molecule has 0 bridgehead atoms. The summed E-state index contributed by atoms with van der Waals surface area (Å²) in [7, 11) is 0. The molecular formula is C10H15IN4. The molecule has 1 unspecified atom stereocenters. The average molecular weight is 318 g/mol. The van der Waals surface area contributed by atoms with Gasteiger partial charge in [-0.05, 0) is 13.3 Å². The number of rotatable bonds is 3. The number of hydrogen-bond acceptors (Lipinski definition) is 4. The van der Waals surface area contributed by atoms with Crippen LogP contribution in [0.1, 0.15) is 26.7 Å². The summed E-state index contributed by atoms with van der Waals surface area (Å²) < 4.78 is 2.15. The normalized spacial score (nSPS) is 19.5. The molecule has 1 aromatic heterocycles. The lowest BCUT2D eigenvalue weighted by Gasteiger charge is -2.24. The summed E-state index contributed by atoms with van der Waals surface area (Å²) in [5.41, 5.74) is 0. The van der Waals surface area contributed by atoms with Crippen LogP contribution in [0.4, 0.5) is 11.6 Å². The summed E-state index contributed by atoms with van der Waals surface area (Å²) in [6, 6.07) is 0. The van der Waals surface area contributed by atoms with Gasteiger partial charge in [-0.25, -0.2) is 9.97 Å². The van der Waals surface area contributed by atoms with E-state index in [1.165, 1.54) is 12.8 Å². The SMILES string of the molecule is CCCCN1c2nccnc2N(I)C1C. The van der Waals surface area contributed by atoms with Gasteiger partial charge in [0.25, 0.3) is 0 Å². The smallest absolute Gasteiger partial charge is 0.182 e. The van der Waals surface area contributed by atoms with Crippen molar-refractivity contribution in [3.8, 4) is 0 Å². The van der Waals surface area contributed by atoms with Crippen molar-refractivity contribution in [2.75, 3.05) is 14.6 Å². The second-order valence-corrected chi connectivity index (χ2v) is 4.73. The molecule has 4 nitrogen and oxygen atoms in total. The summed E-state index contributed by atoms with van der Waals surface area (Å²) in [4.78, 5) is 11.1. The van der Waals surface area contributed by atoms with Gasteiger partial charge in [-0.15, -0.1) is 0 Å². The molecule has 0 fully saturated rings. The molecule has 82 valence electrons. The topological polar surface area (TPSA) is 32.3 Å². The van der Waals surface area contributed by atoms with Crippen molar-refractivity contribution in [2.24, 2.45) is 0 Å². The fourth-order valence-electron chi connectivity index (χ4n) is 1.77. The maximum atomic E-state index is 4.41. The molecule has 1 aromatic rings. The minimum absolute atomic E-state index is 0.356. The van der Waals surface area contributed by atoms with E-state index >= 15 is 0 Å². The molecular weight excluding hydrogens is 303 g/mol. The fraction of sp³-hybridized carbons (Fsp3) is 0.600. The van der Waals surface area contributed by atoms with Gasteiger partial charge >= 0.3 is 0 Å². The first kappa shape index (κ1) is 10.9. The van der Waals surface area contributed by atoms with Crippen LogP contribution in [0.25, 0.3) is 0 Å². The van der Waals surface area contributed by atoms with Gasteiger partial charge in [0.1, 0.15) is 6.17 Å². The Bertz CT molecular complexity index is 344. The molecule has 2 rings (SSSR count). The Morgan fingerprint density at radius 2 is 2.00 bits per heavy atom. The largest absolute Gasteiger partial charge is 0.333 e. The van der Waals surface area contributed by atoms with E-state index in [9.17, 15) is 0 Å². The molecule has 0 N–H and O–H groups in total. The van der Waals surface area contributed by atoms with Crippen molar-refractivity contribution in [3.63, 3.8) is 0 Å². The first-order valence-electron chi connectivity index (χ1n) is 5.28. The molecule has 5 heteroatoms. The highest BCUT2D eigenvalue weighted by Crippen LogP contribution is 2.37. The van der Waals surface area contributed by atoms with Crippen molar-refractivity contribution < 1.29 is 0 Å².